The van der Waals surface area contributed by atoms with Gasteiger partial charge in [0, 0.05) is 20.9 Å². The number of hydrogen-bond acceptors (Lipinski definition) is 2. The smallest absolute Gasteiger partial charge is 0.274 e. The van der Waals surface area contributed by atoms with Crippen molar-refractivity contribution in [2.24, 2.45) is 0 Å². The molecule has 4 aromatic carbocycles. The highest BCUT2D eigenvalue weighted by Gasteiger charge is 2.13. The van der Waals surface area contributed by atoms with Crippen LogP contribution in [0.5, 0.6) is 0 Å². The fourth-order valence-corrected chi connectivity index (χ4v) is 3.96. The second-order valence-corrected chi connectivity index (χ2v) is 7.98. The quantitative estimate of drug-likeness (QED) is 0.318. The number of rotatable bonds is 3. The summed E-state index contributed by atoms with van der Waals surface area (Å²) in [6, 6.07) is 31.8. The fraction of sp³-hybridized carbons (Fsp3) is 0. The lowest BCUT2D eigenvalue weighted by molar-refractivity contribution is 0.102. The Labute approximate surface area is 182 Å². The fourth-order valence-electron chi connectivity index (χ4n) is 3.69. The van der Waals surface area contributed by atoms with Crippen molar-refractivity contribution in [3.05, 3.63) is 107 Å². The Bertz CT molecular complexity index is 1390. The zero-order chi connectivity index (χ0) is 20.5. The molecule has 0 atom stereocenters. The number of carbonyl (C=O) groups excluding carboxylic acids is 1. The van der Waals surface area contributed by atoms with Gasteiger partial charge in [0.2, 0.25) is 0 Å². The molecule has 30 heavy (non-hydrogen) atoms. The number of hydrogen-bond donors (Lipinski definition) is 1. The van der Waals surface area contributed by atoms with Crippen LogP contribution in [0.4, 0.5) is 5.69 Å². The summed E-state index contributed by atoms with van der Waals surface area (Å²) in [6.45, 7) is 0. The SMILES string of the molecule is O=C(Nc1cccc2cccc(-c3ccc(Br)cc3)c12)c1ccc2ccccc2n1. The Morgan fingerprint density at radius 3 is 2.30 bits per heavy atom. The van der Waals surface area contributed by atoms with E-state index in [0.717, 1.165) is 43.0 Å². The summed E-state index contributed by atoms with van der Waals surface area (Å²) in [5, 5.41) is 6.17. The maximum absolute atomic E-state index is 13.0. The number of halogens is 1. The van der Waals surface area contributed by atoms with Gasteiger partial charge in [0.15, 0.2) is 0 Å². The summed E-state index contributed by atoms with van der Waals surface area (Å²) < 4.78 is 1.03. The van der Waals surface area contributed by atoms with Gasteiger partial charge in [-0.25, -0.2) is 4.98 Å². The lowest BCUT2D eigenvalue weighted by atomic mass is 9.97. The van der Waals surface area contributed by atoms with Gasteiger partial charge in [-0.3, -0.25) is 4.79 Å². The van der Waals surface area contributed by atoms with E-state index in [1.54, 1.807) is 6.07 Å². The summed E-state index contributed by atoms with van der Waals surface area (Å²) in [6.07, 6.45) is 0. The molecule has 3 nitrogen and oxygen atoms in total. The summed E-state index contributed by atoms with van der Waals surface area (Å²) >= 11 is 3.49. The standard InChI is InChI=1S/C26H17BrN2O/c27-20-14-11-17(12-15-20)21-8-3-6-19-7-4-10-23(25(19)21)29-26(30)24-16-13-18-5-1-2-9-22(18)28-24/h1-16H,(H,29,30). The first-order valence-corrected chi connectivity index (χ1v) is 10.4. The van der Waals surface area contributed by atoms with Crippen LogP contribution in [0.15, 0.2) is 102 Å². The molecule has 0 aliphatic heterocycles. The number of benzene rings is 4. The van der Waals surface area contributed by atoms with Crippen molar-refractivity contribution in [2.45, 2.75) is 0 Å². The number of amides is 1. The van der Waals surface area contributed by atoms with Gasteiger partial charge < -0.3 is 5.32 Å². The minimum absolute atomic E-state index is 0.223. The molecule has 0 spiro atoms. The van der Waals surface area contributed by atoms with Crippen molar-refractivity contribution in [3.8, 4) is 11.1 Å². The molecule has 1 aromatic heterocycles. The van der Waals surface area contributed by atoms with E-state index in [1.807, 2.05) is 60.7 Å². The van der Waals surface area contributed by atoms with Crippen LogP contribution in [-0.4, -0.2) is 10.9 Å². The van der Waals surface area contributed by atoms with Gasteiger partial charge in [-0.1, -0.05) is 82.7 Å². The highest BCUT2D eigenvalue weighted by atomic mass is 79.9. The molecule has 0 saturated carbocycles. The number of pyridine rings is 1. The van der Waals surface area contributed by atoms with Crippen molar-refractivity contribution in [1.82, 2.24) is 4.98 Å². The minimum Gasteiger partial charge on any atom is -0.320 e. The van der Waals surface area contributed by atoms with Gasteiger partial charge in [-0.05, 0) is 46.8 Å². The Balaban J connectivity index is 1.58. The van der Waals surface area contributed by atoms with Crippen LogP contribution in [0, 0.1) is 0 Å². The lowest BCUT2D eigenvalue weighted by Gasteiger charge is -2.13. The number of fused-ring (bicyclic) bond motifs is 2. The van der Waals surface area contributed by atoms with E-state index in [-0.39, 0.29) is 5.91 Å². The molecule has 0 fully saturated rings. The maximum Gasteiger partial charge on any atom is 0.274 e. The molecule has 5 aromatic rings. The van der Waals surface area contributed by atoms with Gasteiger partial charge in [0.25, 0.3) is 5.91 Å². The first-order valence-electron chi connectivity index (χ1n) is 9.64. The molecule has 1 N–H and O–H groups in total. The van der Waals surface area contributed by atoms with E-state index in [4.69, 9.17) is 0 Å². The number of nitrogens with one attached hydrogen (secondary N) is 1. The monoisotopic (exact) mass is 452 g/mol. The van der Waals surface area contributed by atoms with Crippen LogP contribution in [0.2, 0.25) is 0 Å². The van der Waals surface area contributed by atoms with Crippen LogP contribution in [0.25, 0.3) is 32.8 Å². The zero-order valence-electron chi connectivity index (χ0n) is 16.0. The topological polar surface area (TPSA) is 42.0 Å². The molecule has 0 saturated heterocycles. The average Bonchev–Trinajstić information content (AvgIpc) is 2.79. The minimum atomic E-state index is -0.223. The largest absolute Gasteiger partial charge is 0.320 e. The van der Waals surface area contributed by atoms with Crippen molar-refractivity contribution < 1.29 is 4.79 Å². The second kappa shape index (κ2) is 7.73. The Hall–Kier alpha value is -3.50. The van der Waals surface area contributed by atoms with E-state index in [0.29, 0.717) is 5.69 Å². The predicted octanol–water partition coefficient (Wildman–Crippen LogP) is 7.07. The van der Waals surface area contributed by atoms with Crippen LogP contribution in [-0.2, 0) is 0 Å². The molecule has 4 heteroatoms. The number of para-hydroxylation sites is 1. The van der Waals surface area contributed by atoms with Gasteiger partial charge >= 0.3 is 0 Å². The third-order valence-electron chi connectivity index (χ3n) is 5.14. The van der Waals surface area contributed by atoms with Crippen molar-refractivity contribution in [3.63, 3.8) is 0 Å². The first kappa shape index (κ1) is 18.5. The summed E-state index contributed by atoms with van der Waals surface area (Å²) in [7, 11) is 0. The maximum atomic E-state index is 13.0. The normalized spacial score (nSPS) is 11.0. The Kier molecular flexibility index (Phi) is 4.77. The van der Waals surface area contributed by atoms with E-state index < -0.39 is 0 Å². The van der Waals surface area contributed by atoms with Gasteiger partial charge in [0.05, 0.1) is 5.52 Å². The molecule has 0 aliphatic rings. The Morgan fingerprint density at radius 2 is 1.47 bits per heavy atom. The van der Waals surface area contributed by atoms with E-state index in [1.165, 1.54) is 0 Å². The third kappa shape index (κ3) is 3.46. The molecule has 0 unspecified atom stereocenters. The second-order valence-electron chi connectivity index (χ2n) is 7.06. The highest BCUT2D eigenvalue weighted by molar-refractivity contribution is 9.10. The van der Waals surface area contributed by atoms with Crippen LogP contribution < -0.4 is 5.32 Å². The molecule has 144 valence electrons. The summed E-state index contributed by atoms with van der Waals surface area (Å²) in [5.41, 5.74) is 4.13. The van der Waals surface area contributed by atoms with Crippen LogP contribution in [0.3, 0.4) is 0 Å². The molecule has 0 radical (unpaired) electrons. The van der Waals surface area contributed by atoms with Crippen molar-refractivity contribution in [1.29, 1.82) is 0 Å². The molecule has 1 heterocycles. The van der Waals surface area contributed by atoms with Crippen LogP contribution in [0.1, 0.15) is 10.5 Å². The van der Waals surface area contributed by atoms with E-state index in [9.17, 15) is 4.79 Å². The molecule has 5 rings (SSSR count). The molecular formula is C26H17BrN2O. The van der Waals surface area contributed by atoms with Crippen molar-refractivity contribution >= 4 is 49.2 Å². The summed E-state index contributed by atoms with van der Waals surface area (Å²) in [4.78, 5) is 17.5. The number of carbonyl (C=O) groups is 1. The zero-order valence-corrected chi connectivity index (χ0v) is 17.6. The van der Waals surface area contributed by atoms with E-state index >= 15 is 0 Å². The first-order chi connectivity index (χ1) is 14.7. The van der Waals surface area contributed by atoms with Gasteiger partial charge in [-0.15, -0.1) is 0 Å². The third-order valence-corrected chi connectivity index (χ3v) is 5.67. The summed E-state index contributed by atoms with van der Waals surface area (Å²) in [5.74, 6) is -0.223. The molecule has 0 bridgehead atoms. The van der Waals surface area contributed by atoms with Gasteiger partial charge in [0.1, 0.15) is 5.69 Å². The number of aromatic nitrogens is 1. The molecule has 1 amide bonds. The average molecular weight is 453 g/mol. The van der Waals surface area contributed by atoms with E-state index in [2.05, 4.69) is 56.6 Å². The van der Waals surface area contributed by atoms with Gasteiger partial charge in [-0.2, -0.15) is 0 Å². The Morgan fingerprint density at radius 1 is 0.733 bits per heavy atom. The van der Waals surface area contributed by atoms with Crippen molar-refractivity contribution in [2.75, 3.05) is 5.32 Å². The highest BCUT2D eigenvalue weighted by Crippen LogP contribution is 2.34. The molecular weight excluding hydrogens is 436 g/mol. The predicted molar refractivity (Wildman–Crippen MR) is 127 cm³/mol. The number of nitrogens with zero attached hydrogens (tertiary/aromatic N) is 1. The molecule has 0 aliphatic carbocycles. The lowest BCUT2D eigenvalue weighted by Crippen LogP contribution is -2.14. The number of anilines is 1. The van der Waals surface area contributed by atoms with Crippen LogP contribution >= 0.6 is 15.9 Å².